The summed E-state index contributed by atoms with van der Waals surface area (Å²) in [4.78, 5) is 16.2. The van der Waals surface area contributed by atoms with E-state index in [0.29, 0.717) is 35.2 Å². The number of hydrogen-bond donors (Lipinski definition) is 4. The Morgan fingerprint density at radius 1 is 1.17 bits per heavy atom. The van der Waals surface area contributed by atoms with Gasteiger partial charge in [-0.15, -0.1) is 0 Å². The van der Waals surface area contributed by atoms with E-state index in [1.165, 1.54) is 12.1 Å². The highest BCUT2D eigenvalue weighted by atomic mass is 35.5. The van der Waals surface area contributed by atoms with Gasteiger partial charge in [0, 0.05) is 23.8 Å². The van der Waals surface area contributed by atoms with E-state index in [0.717, 1.165) is 5.56 Å². The third-order valence-corrected chi connectivity index (χ3v) is 4.37. The Morgan fingerprint density at radius 2 is 1.97 bits per heavy atom. The molecule has 7 nitrogen and oxygen atoms in total. The van der Waals surface area contributed by atoms with E-state index < -0.39 is 6.23 Å². The van der Waals surface area contributed by atoms with Crippen LogP contribution in [-0.4, -0.2) is 27.6 Å². The van der Waals surface area contributed by atoms with Gasteiger partial charge in [-0.3, -0.25) is 9.78 Å². The molecule has 2 aromatic carbocycles. The van der Waals surface area contributed by atoms with Crippen molar-refractivity contribution < 1.29 is 25.5 Å². The molecule has 0 aliphatic carbocycles. The molecule has 0 bridgehead atoms. The number of carbonyl (C=O) groups excluding carboxylic acids is 1. The van der Waals surface area contributed by atoms with Crippen LogP contribution >= 0.6 is 11.6 Å². The van der Waals surface area contributed by atoms with E-state index in [-0.39, 0.29) is 17.2 Å². The first-order valence-electron chi connectivity index (χ1n) is 8.93. The molecule has 0 saturated heterocycles. The number of pyridine rings is 1. The Labute approximate surface area is 172 Å². The molecule has 3 rings (SSSR count). The Balaban J connectivity index is 1.58. The number of carbonyl (C=O) groups is 1. The molecule has 3 aromatic rings. The number of aliphatic hydroxyl groups is 1. The summed E-state index contributed by atoms with van der Waals surface area (Å²) in [7, 11) is 0. The molecule has 6 N–H and O–H groups in total. The smallest absolute Gasteiger partial charge is 0.255 e. The van der Waals surface area contributed by atoms with Gasteiger partial charge >= 0.3 is 0 Å². The van der Waals surface area contributed by atoms with Crippen LogP contribution in [0.2, 0.25) is 5.02 Å². The number of aromatic nitrogens is 1. The minimum absolute atomic E-state index is 0.158. The van der Waals surface area contributed by atoms with Gasteiger partial charge in [0.05, 0.1) is 5.56 Å². The van der Waals surface area contributed by atoms with Crippen molar-refractivity contribution in [2.75, 3.05) is 6.54 Å². The summed E-state index contributed by atoms with van der Waals surface area (Å²) in [5.41, 5.74) is 5.10. The second kappa shape index (κ2) is 9.38. The van der Waals surface area contributed by atoms with Crippen molar-refractivity contribution in [3.8, 4) is 17.2 Å². The van der Waals surface area contributed by atoms with Crippen LogP contribution in [0.25, 0.3) is 0 Å². The molecule has 150 valence electrons. The lowest BCUT2D eigenvalue weighted by Crippen LogP contribution is -2.53. The molecule has 29 heavy (non-hydrogen) atoms. The predicted molar refractivity (Wildman–Crippen MR) is 108 cm³/mol. The number of phenols is 1. The van der Waals surface area contributed by atoms with E-state index in [2.05, 4.69) is 16.0 Å². The normalized spacial score (nSPS) is 11.7. The first-order chi connectivity index (χ1) is 13.9. The molecule has 0 spiro atoms. The second-order valence-corrected chi connectivity index (χ2v) is 6.79. The third kappa shape index (κ3) is 5.68. The topological polar surface area (TPSA) is 119 Å². The number of phenolic OH excluding ortho intramolecular Hbond substituents is 1. The predicted octanol–water partition coefficient (Wildman–Crippen LogP) is 2.44. The van der Waals surface area contributed by atoms with Crippen LogP contribution in [0.3, 0.4) is 0 Å². The highest BCUT2D eigenvalue weighted by molar-refractivity contribution is 6.30. The molecule has 0 saturated carbocycles. The Kier molecular flexibility index (Phi) is 6.66. The van der Waals surface area contributed by atoms with Crippen molar-refractivity contribution in [2.24, 2.45) is 0 Å². The molecule has 1 heterocycles. The minimum atomic E-state index is -0.923. The summed E-state index contributed by atoms with van der Waals surface area (Å²) in [6.07, 6.45) is 1.20. The van der Waals surface area contributed by atoms with Crippen molar-refractivity contribution in [1.82, 2.24) is 10.3 Å². The molecular weight excluding hydrogens is 394 g/mol. The number of amides is 1. The first-order valence-corrected chi connectivity index (χ1v) is 9.31. The number of quaternary nitrogens is 1. The van der Waals surface area contributed by atoms with Crippen molar-refractivity contribution in [2.45, 2.75) is 12.6 Å². The molecule has 0 radical (unpaired) electrons. The van der Waals surface area contributed by atoms with Gasteiger partial charge in [-0.1, -0.05) is 23.7 Å². The van der Waals surface area contributed by atoms with Gasteiger partial charge in [-0.25, -0.2) is 0 Å². The maximum absolute atomic E-state index is 12.2. The molecule has 1 amide bonds. The van der Waals surface area contributed by atoms with Crippen LogP contribution < -0.4 is 15.8 Å². The molecule has 0 aliphatic rings. The average Bonchev–Trinajstić information content (AvgIpc) is 2.68. The standard InChI is InChI=1S/C21H20ClN3O4/c22-14-4-5-17(19(26)11-14)21(28)25-8-6-13-2-1-3-15(10-13)29-16-7-9-24-18(12-16)20(23)27/h1-5,7,9-12,20,26-27H,6,8,23H2,(H,25,28)/p+1. The van der Waals surface area contributed by atoms with E-state index in [1.807, 2.05) is 24.3 Å². The van der Waals surface area contributed by atoms with Crippen LogP contribution in [0, 0.1) is 0 Å². The monoisotopic (exact) mass is 414 g/mol. The fourth-order valence-corrected chi connectivity index (χ4v) is 2.85. The zero-order chi connectivity index (χ0) is 20.8. The first kappa shape index (κ1) is 20.6. The molecule has 1 unspecified atom stereocenters. The van der Waals surface area contributed by atoms with E-state index in [4.69, 9.17) is 16.3 Å². The fourth-order valence-electron chi connectivity index (χ4n) is 2.69. The number of halogens is 1. The van der Waals surface area contributed by atoms with Gasteiger partial charge in [0.15, 0.2) is 0 Å². The molecular formula is C21H21ClN3O4+. The van der Waals surface area contributed by atoms with Crippen LogP contribution in [0.5, 0.6) is 17.2 Å². The number of hydrogen-bond acceptors (Lipinski definition) is 5. The lowest BCUT2D eigenvalue weighted by Gasteiger charge is -2.10. The van der Waals surface area contributed by atoms with Gasteiger partial charge in [0.25, 0.3) is 5.91 Å². The average molecular weight is 415 g/mol. The van der Waals surface area contributed by atoms with Gasteiger partial charge in [-0.05, 0) is 48.4 Å². The lowest BCUT2D eigenvalue weighted by molar-refractivity contribution is -0.491. The number of ether oxygens (including phenoxy) is 1. The molecule has 1 aromatic heterocycles. The third-order valence-electron chi connectivity index (χ3n) is 4.13. The van der Waals surface area contributed by atoms with Gasteiger partial charge in [0.2, 0.25) is 6.23 Å². The SMILES string of the molecule is [NH3+]C(O)c1cc(Oc2cccc(CCNC(=O)c3ccc(Cl)cc3O)c2)ccn1. The van der Waals surface area contributed by atoms with Crippen LogP contribution in [0.1, 0.15) is 27.8 Å². The number of aromatic hydroxyl groups is 1. The van der Waals surface area contributed by atoms with Gasteiger partial charge < -0.3 is 26.0 Å². The second-order valence-electron chi connectivity index (χ2n) is 6.35. The maximum atomic E-state index is 12.2. The summed E-state index contributed by atoms with van der Waals surface area (Å²) in [5, 5.41) is 22.5. The highest BCUT2D eigenvalue weighted by Gasteiger charge is 2.11. The number of aliphatic hydroxyl groups excluding tert-OH is 1. The van der Waals surface area contributed by atoms with Crippen molar-refractivity contribution in [3.05, 3.63) is 82.6 Å². The summed E-state index contributed by atoms with van der Waals surface area (Å²) in [5.74, 6) is 0.637. The van der Waals surface area contributed by atoms with Gasteiger partial charge in [-0.2, -0.15) is 0 Å². The fraction of sp³-hybridized carbons (Fsp3) is 0.143. The van der Waals surface area contributed by atoms with Crippen molar-refractivity contribution in [3.63, 3.8) is 0 Å². The molecule has 1 atom stereocenters. The maximum Gasteiger partial charge on any atom is 0.255 e. The van der Waals surface area contributed by atoms with Crippen LogP contribution in [0.15, 0.2) is 60.8 Å². The number of nitrogens with zero attached hydrogens (tertiary/aromatic N) is 1. The number of nitrogens with one attached hydrogen (secondary N) is 1. The van der Waals surface area contributed by atoms with Crippen LogP contribution in [-0.2, 0) is 6.42 Å². The van der Waals surface area contributed by atoms with E-state index >= 15 is 0 Å². The minimum Gasteiger partial charge on any atom is -0.507 e. The Bertz CT molecular complexity index is 1010. The van der Waals surface area contributed by atoms with Crippen molar-refractivity contribution in [1.29, 1.82) is 0 Å². The summed E-state index contributed by atoms with van der Waals surface area (Å²) in [6, 6.07) is 15.1. The van der Waals surface area contributed by atoms with E-state index in [1.54, 1.807) is 24.4 Å². The number of rotatable bonds is 7. The lowest BCUT2D eigenvalue weighted by atomic mass is 10.1. The highest BCUT2D eigenvalue weighted by Crippen LogP contribution is 2.24. The largest absolute Gasteiger partial charge is 0.507 e. The zero-order valence-electron chi connectivity index (χ0n) is 15.5. The van der Waals surface area contributed by atoms with Crippen molar-refractivity contribution >= 4 is 17.5 Å². The molecule has 0 aliphatic heterocycles. The summed E-state index contributed by atoms with van der Waals surface area (Å²) >= 11 is 5.78. The molecule has 0 fully saturated rings. The quantitative estimate of drug-likeness (QED) is 0.443. The Morgan fingerprint density at radius 3 is 2.72 bits per heavy atom. The summed E-state index contributed by atoms with van der Waals surface area (Å²) in [6.45, 7) is 0.386. The summed E-state index contributed by atoms with van der Waals surface area (Å²) < 4.78 is 5.82. The van der Waals surface area contributed by atoms with Crippen LogP contribution in [0.4, 0.5) is 0 Å². The van der Waals surface area contributed by atoms with E-state index in [9.17, 15) is 15.0 Å². The molecule has 8 heteroatoms. The number of benzene rings is 2. The Hall–Kier alpha value is -3.13. The zero-order valence-corrected chi connectivity index (χ0v) is 16.3. The van der Waals surface area contributed by atoms with Gasteiger partial charge in [0.1, 0.15) is 22.9 Å².